The second-order valence-electron chi connectivity index (χ2n) is 7.01. The van der Waals surface area contributed by atoms with Crippen molar-refractivity contribution in [1.82, 2.24) is 4.90 Å². The molecule has 0 bridgehead atoms. The van der Waals surface area contributed by atoms with Gasteiger partial charge in [0.25, 0.3) is 0 Å². The van der Waals surface area contributed by atoms with Crippen LogP contribution in [-0.2, 0) is 9.59 Å². The lowest BCUT2D eigenvalue weighted by Gasteiger charge is -2.39. The zero-order chi connectivity index (χ0) is 17.7. The molecule has 0 N–H and O–H groups in total. The molecule has 0 radical (unpaired) electrons. The predicted molar refractivity (Wildman–Crippen MR) is 96.2 cm³/mol. The fraction of sp³-hybridized carbons (Fsp3) is 0.421. The third kappa shape index (κ3) is 2.81. The molecule has 2 atom stereocenters. The molecule has 2 aliphatic heterocycles. The lowest BCUT2D eigenvalue weighted by Crippen LogP contribution is -2.44. The number of carbonyl (C=O) groups excluding carboxylic acids is 2. The highest BCUT2D eigenvalue weighted by atomic mass is 79.9. The van der Waals surface area contributed by atoms with E-state index in [-0.39, 0.29) is 23.3 Å². The number of nitrogens with zero attached hydrogens (tertiary/aromatic N) is 2. The van der Waals surface area contributed by atoms with E-state index in [1.165, 1.54) is 6.07 Å². The molecule has 1 aliphatic carbocycles. The first-order valence-corrected chi connectivity index (χ1v) is 9.25. The van der Waals surface area contributed by atoms with E-state index in [0.29, 0.717) is 29.6 Å². The standard InChI is InChI=1S/C19H18BrFN2O2/c1-23-8-14-19(16(25)9-23)17(10-5-6-12(21)11(20)7-10)18-13(22-14)3-2-4-15(18)24/h5-7,17-18H,2-4,8-9H2,1H3. The van der Waals surface area contributed by atoms with Gasteiger partial charge in [0.05, 0.1) is 22.6 Å². The van der Waals surface area contributed by atoms with E-state index in [1.54, 1.807) is 12.1 Å². The fourth-order valence-corrected chi connectivity index (χ4v) is 4.58. The second kappa shape index (κ2) is 6.25. The van der Waals surface area contributed by atoms with Crippen LogP contribution in [0.3, 0.4) is 0 Å². The number of hydrogen-bond donors (Lipinski definition) is 0. The molecular formula is C19H18BrFN2O2. The molecule has 1 fully saturated rings. The Kier molecular flexibility index (Phi) is 4.20. The van der Waals surface area contributed by atoms with E-state index < -0.39 is 5.92 Å². The van der Waals surface area contributed by atoms with Crippen molar-refractivity contribution in [1.29, 1.82) is 0 Å². The number of ketones is 2. The van der Waals surface area contributed by atoms with Crippen molar-refractivity contribution in [3.63, 3.8) is 0 Å². The molecule has 25 heavy (non-hydrogen) atoms. The van der Waals surface area contributed by atoms with Crippen molar-refractivity contribution in [3.05, 3.63) is 45.3 Å². The number of benzene rings is 1. The van der Waals surface area contributed by atoms with Gasteiger partial charge < -0.3 is 0 Å². The van der Waals surface area contributed by atoms with E-state index in [4.69, 9.17) is 4.99 Å². The normalized spacial score (nSPS) is 27.1. The van der Waals surface area contributed by atoms with Crippen molar-refractivity contribution < 1.29 is 14.0 Å². The summed E-state index contributed by atoms with van der Waals surface area (Å²) in [5.41, 5.74) is 3.08. The maximum atomic E-state index is 13.7. The van der Waals surface area contributed by atoms with Gasteiger partial charge in [-0.05, 0) is 53.5 Å². The molecule has 130 valence electrons. The summed E-state index contributed by atoms with van der Waals surface area (Å²) in [4.78, 5) is 32.1. The Labute approximate surface area is 153 Å². The van der Waals surface area contributed by atoms with Gasteiger partial charge in [-0.2, -0.15) is 0 Å². The van der Waals surface area contributed by atoms with Gasteiger partial charge >= 0.3 is 0 Å². The third-order valence-electron chi connectivity index (χ3n) is 5.23. The van der Waals surface area contributed by atoms with Gasteiger partial charge in [-0.25, -0.2) is 4.39 Å². The molecule has 0 aromatic heterocycles. The Morgan fingerprint density at radius 1 is 1.20 bits per heavy atom. The van der Waals surface area contributed by atoms with E-state index in [0.717, 1.165) is 29.8 Å². The minimum Gasteiger partial charge on any atom is -0.299 e. The molecule has 2 unspecified atom stereocenters. The summed E-state index contributed by atoms with van der Waals surface area (Å²) in [7, 11) is 1.89. The van der Waals surface area contributed by atoms with Crippen molar-refractivity contribution >= 4 is 33.2 Å². The molecule has 3 aliphatic rings. The largest absolute Gasteiger partial charge is 0.299 e. The third-order valence-corrected chi connectivity index (χ3v) is 5.84. The van der Waals surface area contributed by atoms with Crippen molar-refractivity contribution in [2.45, 2.75) is 25.2 Å². The second-order valence-corrected chi connectivity index (χ2v) is 7.86. The number of likely N-dealkylation sites (N-methyl/N-ethyl adjacent to an activating group) is 1. The summed E-state index contributed by atoms with van der Waals surface area (Å²) in [6, 6.07) is 4.77. The number of rotatable bonds is 1. The van der Waals surface area contributed by atoms with Crippen LogP contribution in [0.2, 0.25) is 0 Å². The van der Waals surface area contributed by atoms with E-state index in [2.05, 4.69) is 15.9 Å². The average Bonchev–Trinajstić information content (AvgIpc) is 2.55. The number of halogens is 2. The van der Waals surface area contributed by atoms with Crippen molar-refractivity contribution in [2.75, 3.05) is 20.1 Å². The van der Waals surface area contributed by atoms with Gasteiger partial charge in [0.1, 0.15) is 11.6 Å². The van der Waals surface area contributed by atoms with Crippen molar-refractivity contribution in [3.8, 4) is 0 Å². The first-order valence-electron chi connectivity index (χ1n) is 8.45. The quantitative estimate of drug-likeness (QED) is 0.721. The number of aliphatic imine (C=N–C) groups is 1. The summed E-state index contributed by atoms with van der Waals surface area (Å²) in [5, 5.41) is 0. The van der Waals surface area contributed by atoms with Crippen LogP contribution in [0.5, 0.6) is 0 Å². The molecular weight excluding hydrogens is 387 g/mol. The Bertz CT molecular complexity index is 846. The fourth-order valence-electron chi connectivity index (χ4n) is 4.19. The van der Waals surface area contributed by atoms with Crippen molar-refractivity contribution in [2.24, 2.45) is 10.9 Å². The molecule has 4 rings (SSSR count). The number of fused-ring (bicyclic) bond motifs is 1. The predicted octanol–water partition coefficient (Wildman–Crippen LogP) is 3.26. The minimum absolute atomic E-state index is 0.00960. The van der Waals surface area contributed by atoms with Crippen LogP contribution >= 0.6 is 15.9 Å². The Balaban J connectivity index is 1.90. The van der Waals surface area contributed by atoms with E-state index >= 15 is 0 Å². The Morgan fingerprint density at radius 2 is 2.00 bits per heavy atom. The van der Waals surface area contributed by atoms with E-state index in [9.17, 15) is 14.0 Å². The summed E-state index contributed by atoms with van der Waals surface area (Å²) in [6.07, 6.45) is 2.10. The highest BCUT2D eigenvalue weighted by Crippen LogP contribution is 2.44. The average molecular weight is 405 g/mol. The Morgan fingerprint density at radius 3 is 2.76 bits per heavy atom. The highest BCUT2D eigenvalue weighted by molar-refractivity contribution is 9.10. The first kappa shape index (κ1) is 16.8. The smallest absolute Gasteiger partial charge is 0.175 e. The molecule has 2 heterocycles. The van der Waals surface area contributed by atoms with Crippen LogP contribution in [0, 0.1) is 11.7 Å². The van der Waals surface area contributed by atoms with Crippen LogP contribution in [0.25, 0.3) is 0 Å². The lowest BCUT2D eigenvalue weighted by molar-refractivity contribution is -0.122. The molecule has 1 aromatic carbocycles. The zero-order valence-corrected chi connectivity index (χ0v) is 15.5. The van der Waals surface area contributed by atoms with Crippen LogP contribution in [-0.4, -0.2) is 42.3 Å². The van der Waals surface area contributed by atoms with Gasteiger partial charge in [0.2, 0.25) is 0 Å². The maximum Gasteiger partial charge on any atom is 0.175 e. The summed E-state index contributed by atoms with van der Waals surface area (Å²) in [5.74, 6) is -0.956. The molecule has 6 heteroatoms. The molecule has 0 spiro atoms. The number of Topliss-reactive ketones (excluding diaryl/α,β-unsaturated/α-hetero) is 2. The van der Waals surface area contributed by atoms with Crippen LogP contribution in [0.1, 0.15) is 30.7 Å². The minimum atomic E-state index is -0.391. The Hall–Kier alpha value is -1.66. The van der Waals surface area contributed by atoms with Crippen LogP contribution < -0.4 is 0 Å². The number of carbonyl (C=O) groups is 2. The number of hydrogen-bond acceptors (Lipinski definition) is 4. The van der Waals surface area contributed by atoms with Gasteiger partial charge in [0, 0.05) is 30.2 Å². The lowest BCUT2D eigenvalue weighted by atomic mass is 9.68. The van der Waals surface area contributed by atoms with Gasteiger partial charge in [0.15, 0.2) is 5.78 Å². The highest BCUT2D eigenvalue weighted by Gasteiger charge is 2.45. The molecule has 4 nitrogen and oxygen atoms in total. The molecule has 0 saturated heterocycles. The molecule has 0 amide bonds. The molecule has 1 saturated carbocycles. The SMILES string of the molecule is CN1CC(=O)C2=C(C1)N=C1CCCC(=O)C1C2c1ccc(F)c(Br)c1. The van der Waals surface area contributed by atoms with Crippen LogP contribution in [0.15, 0.2) is 38.9 Å². The van der Waals surface area contributed by atoms with Crippen LogP contribution in [0.4, 0.5) is 4.39 Å². The topological polar surface area (TPSA) is 49.7 Å². The van der Waals surface area contributed by atoms with Gasteiger partial charge in [-0.15, -0.1) is 0 Å². The molecule has 1 aromatic rings. The maximum absolute atomic E-state index is 13.7. The van der Waals surface area contributed by atoms with E-state index in [1.807, 2.05) is 11.9 Å². The first-order chi connectivity index (χ1) is 12.0. The summed E-state index contributed by atoms with van der Waals surface area (Å²) < 4.78 is 14.1. The van der Waals surface area contributed by atoms with Gasteiger partial charge in [-0.1, -0.05) is 6.07 Å². The zero-order valence-electron chi connectivity index (χ0n) is 13.9. The van der Waals surface area contributed by atoms with Gasteiger partial charge in [-0.3, -0.25) is 19.5 Å². The summed E-state index contributed by atoms with van der Waals surface area (Å²) in [6.45, 7) is 0.924. The monoisotopic (exact) mass is 404 g/mol. The summed E-state index contributed by atoms with van der Waals surface area (Å²) >= 11 is 3.23.